The van der Waals surface area contributed by atoms with E-state index in [9.17, 15) is 19.5 Å². The number of benzene rings is 2. The molecule has 2 aromatic rings. The van der Waals surface area contributed by atoms with Gasteiger partial charge in [-0.25, -0.2) is 4.79 Å². The van der Waals surface area contributed by atoms with E-state index >= 15 is 0 Å². The number of para-hydroxylation sites is 2. The van der Waals surface area contributed by atoms with Gasteiger partial charge in [0.2, 0.25) is 12.2 Å². The summed E-state index contributed by atoms with van der Waals surface area (Å²) in [4.78, 5) is 36.6. The Morgan fingerprint density at radius 1 is 1.08 bits per heavy atom. The Hall–Kier alpha value is -3.51. The summed E-state index contributed by atoms with van der Waals surface area (Å²) >= 11 is 0. The predicted octanol–water partition coefficient (Wildman–Crippen LogP) is 2.87. The number of hydrogen-bond acceptors (Lipinski definition) is 9. The van der Waals surface area contributed by atoms with Crippen molar-refractivity contribution in [3.05, 3.63) is 59.7 Å². The van der Waals surface area contributed by atoms with Gasteiger partial charge in [-0.15, -0.1) is 0 Å². The average molecular weight is 544 g/mol. The minimum Gasteiger partial charge on any atom is -0.496 e. The summed E-state index contributed by atoms with van der Waals surface area (Å²) in [5, 5.41) is 12.4. The normalized spacial score (nSPS) is 27.1. The molecule has 2 aliphatic heterocycles. The van der Waals surface area contributed by atoms with E-state index < -0.39 is 54.9 Å². The molecule has 2 N–H and O–H groups in total. The van der Waals surface area contributed by atoms with Crippen LogP contribution >= 0.6 is 0 Å². The van der Waals surface area contributed by atoms with E-state index in [0.717, 1.165) is 0 Å². The molecule has 210 valence electrons. The van der Waals surface area contributed by atoms with Gasteiger partial charge in [0.25, 0.3) is 0 Å². The summed E-state index contributed by atoms with van der Waals surface area (Å²) in [6, 6.07) is 12.9. The number of hydrogen-bond donors (Lipinski definition) is 2. The molecule has 2 aliphatic rings. The Bertz CT molecular complexity index is 1190. The van der Waals surface area contributed by atoms with Crippen LogP contribution in [0.25, 0.3) is 0 Å². The molecule has 7 unspecified atom stereocenters. The van der Waals surface area contributed by atoms with E-state index in [1.807, 2.05) is 12.1 Å². The summed E-state index contributed by atoms with van der Waals surface area (Å²) in [7, 11) is 1.53. The fourth-order valence-electron chi connectivity index (χ4n) is 4.65. The maximum absolute atomic E-state index is 12.5. The van der Waals surface area contributed by atoms with Gasteiger partial charge in [0, 0.05) is 18.9 Å². The number of nitrogens with one attached hydrogen (secondary N) is 1. The van der Waals surface area contributed by atoms with Crippen molar-refractivity contribution >= 4 is 17.7 Å². The molecule has 2 saturated heterocycles. The molecule has 0 radical (unpaired) electrons. The highest BCUT2D eigenvalue weighted by Gasteiger charge is 2.53. The highest BCUT2D eigenvalue weighted by atomic mass is 16.8. The molecule has 0 aliphatic carbocycles. The zero-order valence-corrected chi connectivity index (χ0v) is 22.2. The van der Waals surface area contributed by atoms with Gasteiger partial charge >= 0.3 is 5.97 Å². The Morgan fingerprint density at radius 3 is 2.44 bits per heavy atom. The van der Waals surface area contributed by atoms with Crippen molar-refractivity contribution in [2.24, 2.45) is 0 Å². The summed E-state index contributed by atoms with van der Waals surface area (Å²) < 4.78 is 36.1. The van der Waals surface area contributed by atoms with Crippen molar-refractivity contribution in [2.75, 3.05) is 13.7 Å². The Morgan fingerprint density at radius 2 is 1.77 bits per heavy atom. The van der Waals surface area contributed by atoms with E-state index in [1.165, 1.54) is 21.0 Å². The van der Waals surface area contributed by atoms with Crippen LogP contribution < -0.4 is 14.8 Å². The SMILES string of the molecule is CCC(=O)c1ccccc1OC1OC2COC(c3ccccc3OC)OC2C(OC(C)C(=O)O)C1NC(C)=O. The highest BCUT2D eigenvalue weighted by Crippen LogP contribution is 2.39. The molecule has 0 bridgehead atoms. The van der Waals surface area contributed by atoms with Crippen LogP contribution in [0.2, 0.25) is 0 Å². The minimum atomic E-state index is -1.24. The zero-order valence-electron chi connectivity index (χ0n) is 22.2. The molecule has 11 heteroatoms. The van der Waals surface area contributed by atoms with E-state index in [2.05, 4.69) is 5.32 Å². The molecule has 2 heterocycles. The molecule has 4 rings (SSSR count). The predicted molar refractivity (Wildman–Crippen MR) is 136 cm³/mol. The summed E-state index contributed by atoms with van der Waals surface area (Å²) in [6.07, 6.45) is -5.60. The van der Waals surface area contributed by atoms with Gasteiger partial charge in [0.15, 0.2) is 18.2 Å². The first-order valence-electron chi connectivity index (χ1n) is 12.7. The standard InChI is InChI=1S/C28H33NO10/c1-5-19(31)17-10-6-9-13-21(17)37-28-23(29-16(3)30)25(36-15(2)26(32)33)24-22(38-28)14-35-27(39-24)18-11-7-8-12-20(18)34-4/h6-13,15,22-25,27-28H,5,14H2,1-4H3,(H,29,30)(H,32,33). The zero-order chi connectivity index (χ0) is 28.1. The number of rotatable bonds is 10. The molecule has 11 nitrogen and oxygen atoms in total. The molecule has 2 fully saturated rings. The Balaban J connectivity index is 1.70. The molecule has 1 amide bonds. The van der Waals surface area contributed by atoms with Gasteiger partial charge in [-0.2, -0.15) is 0 Å². The third-order valence-corrected chi connectivity index (χ3v) is 6.56. The van der Waals surface area contributed by atoms with Crippen LogP contribution in [0.5, 0.6) is 11.5 Å². The number of methoxy groups -OCH3 is 1. The molecule has 0 aromatic heterocycles. The van der Waals surface area contributed by atoms with Gasteiger partial charge < -0.3 is 38.8 Å². The Kier molecular flexibility index (Phi) is 9.18. The molecular weight excluding hydrogens is 510 g/mol. The first kappa shape index (κ1) is 28.5. The highest BCUT2D eigenvalue weighted by molar-refractivity contribution is 5.98. The molecular formula is C28H33NO10. The topological polar surface area (TPSA) is 139 Å². The number of carboxylic acid groups (broad SMARTS) is 1. The molecule has 0 spiro atoms. The van der Waals surface area contributed by atoms with Crippen LogP contribution in [0.1, 0.15) is 49.4 Å². The van der Waals surface area contributed by atoms with Crippen LogP contribution in [0.15, 0.2) is 48.5 Å². The number of amides is 1. The van der Waals surface area contributed by atoms with Crippen LogP contribution in [0, 0.1) is 0 Å². The quantitative estimate of drug-likeness (QED) is 0.430. The first-order chi connectivity index (χ1) is 18.7. The van der Waals surface area contributed by atoms with Crippen molar-refractivity contribution in [1.82, 2.24) is 5.32 Å². The fourth-order valence-corrected chi connectivity index (χ4v) is 4.65. The average Bonchev–Trinajstić information content (AvgIpc) is 2.94. The number of aliphatic carboxylic acids is 1. The van der Waals surface area contributed by atoms with Gasteiger partial charge in [-0.1, -0.05) is 37.3 Å². The number of fused-ring (bicyclic) bond motifs is 1. The first-order valence-corrected chi connectivity index (χ1v) is 12.7. The van der Waals surface area contributed by atoms with Gasteiger partial charge in [0.05, 0.1) is 19.3 Å². The van der Waals surface area contributed by atoms with E-state index in [4.69, 9.17) is 28.4 Å². The van der Waals surface area contributed by atoms with Gasteiger partial charge in [-0.05, 0) is 25.1 Å². The number of carbonyl (C=O) groups excluding carboxylic acids is 2. The van der Waals surface area contributed by atoms with Crippen molar-refractivity contribution in [3.63, 3.8) is 0 Å². The lowest BCUT2D eigenvalue weighted by Crippen LogP contribution is -2.68. The third kappa shape index (κ3) is 6.39. The maximum atomic E-state index is 12.5. The molecule has 39 heavy (non-hydrogen) atoms. The van der Waals surface area contributed by atoms with Crippen molar-refractivity contribution in [3.8, 4) is 11.5 Å². The molecule has 0 saturated carbocycles. The summed E-state index contributed by atoms with van der Waals surface area (Å²) in [5.74, 6) is -0.932. The van der Waals surface area contributed by atoms with Crippen LogP contribution in [-0.2, 0) is 28.5 Å². The summed E-state index contributed by atoms with van der Waals surface area (Å²) in [6.45, 7) is 4.50. The molecule has 7 atom stereocenters. The maximum Gasteiger partial charge on any atom is 0.332 e. The van der Waals surface area contributed by atoms with Crippen LogP contribution in [0.3, 0.4) is 0 Å². The summed E-state index contributed by atoms with van der Waals surface area (Å²) in [5.41, 5.74) is 0.987. The lowest BCUT2D eigenvalue weighted by atomic mass is 9.94. The van der Waals surface area contributed by atoms with Gasteiger partial charge in [0.1, 0.15) is 35.9 Å². The minimum absolute atomic E-state index is 0.0525. The second-order valence-corrected chi connectivity index (χ2v) is 9.25. The monoisotopic (exact) mass is 543 g/mol. The number of carbonyl (C=O) groups is 3. The third-order valence-electron chi connectivity index (χ3n) is 6.56. The second-order valence-electron chi connectivity index (χ2n) is 9.25. The second kappa shape index (κ2) is 12.6. The Labute approximate surface area is 226 Å². The lowest BCUT2D eigenvalue weighted by Gasteiger charge is -2.49. The van der Waals surface area contributed by atoms with E-state index in [1.54, 1.807) is 43.3 Å². The van der Waals surface area contributed by atoms with Crippen molar-refractivity contribution in [1.29, 1.82) is 0 Å². The fraction of sp³-hybridized carbons (Fsp3) is 0.464. The van der Waals surface area contributed by atoms with Crippen molar-refractivity contribution in [2.45, 2.75) is 70.2 Å². The van der Waals surface area contributed by atoms with E-state index in [-0.39, 0.29) is 24.6 Å². The molecule has 2 aromatic carbocycles. The largest absolute Gasteiger partial charge is 0.496 e. The number of ketones is 1. The number of Topliss-reactive ketones (excluding diaryl/α,β-unsaturated/α-hetero) is 1. The van der Waals surface area contributed by atoms with Crippen molar-refractivity contribution < 1.29 is 47.9 Å². The van der Waals surface area contributed by atoms with Crippen LogP contribution in [-0.4, -0.2) is 73.2 Å². The van der Waals surface area contributed by atoms with Gasteiger partial charge in [-0.3, -0.25) is 9.59 Å². The number of ether oxygens (including phenoxy) is 6. The van der Waals surface area contributed by atoms with Crippen LogP contribution in [0.4, 0.5) is 0 Å². The number of carboxylic acids is 1. The van der Waals surface area contributed by atoms with E-state index in [0.29, 0.717) is 16.9 Å². The smallest absolute Gasteiger partial charge is 0.332 e. The lowest BCUT2D eigenvalue weighted by molar-refractivity contribution is -0.340.